The van der Waals surface area contributed by atoms with Gasteiger partial charge in [0.2, 0.25) is 0 Å². The average Bonchev–Trinajstić information content (AvgIpc) is 2.81. The summed E-state index contributed by atoms with van der Waals surface area (Å²) in [6.07, 6.45) is -0.207. The van der Waals surface area contributed by atoms with Gasteiger partial charge in [0.15, 0.2) is 0 Å². The highest BCUT2D eigenvalue weighted by Gasteiger charge is 2.43. The molecule has 0 amide bonds. The Morgan fingerprint density at radius 3 is 2.88 bits per heavy atom. The Labute approximate surface area is 109 Å². The number of nitriles is 1. The summed E-state index contributed by atoms with van der Waals surface area (Å²) < 4.78 is 6.26. The molecular formula is C13H14BrNO2. The highest BCUT2D eigenvalue weighted by atomic mass is 79.9. The van der Waals surface area contributed by atoms with E-state index in [4.69, 9.17) is 4.74 Å². The summed E-state index contributed by atoms with van der Waals surface area (Å²) in [5.41, 5.74) is 1.03. The minimum Gasteiger partial charge on any atom is -0.387 e. The molecular weight excluding hydrogens is 282 g/mol. The van der Waals surface area contributed by atoms with Crippen molar-refractivity contribution < 1.29 is 9.84 Å². The van der Waals surface area contributed by atoms with Gasteiger partial charge in [-0.25, -0.2) is 0 Å². The third kappa shape index (κ3) is 2.23. The van der Waals surface area contributed by atoms with Gasteiger partial charge >= 0.3 is 0 Å². The first-order chi connectivity index (χ1) is 8.09. The molecule has 0 spiro atoms. The van der Waals surface area contributed by atoms with Crippen molar-refractivity contribution in [2.75, 3.05) is 13.2 Å². The van der Waals surface area contributed by atoms with Crippen LogP contribution < -0.4 is 0 Å². The molecule has 0 radical (unpaired) electrons. The van der Waals surface area contributed by atoms with Gasteiger partial charge in [-0.3, -0.25) is 0 Å². The van der Waals surface area contributed by atoms with Crippen LogP contribution in [-0.4, -0.2) is 18.3 Å². The van der Waals surface area contributed by atoms with E-state index in [0.29, 0.717) is 19.6 Å². The quantitative estimate of drug-likeness (QED) is 0.913. The van der Waals surface area contributed by atoms with Crippen LogP contribution in [0.5, 0.6) is 0 Å². The van der Waals surface area contributed by atoms with Crippen LogP contribution in [0.4, 0.5) is 0 Å². The van der Waals surface area contributed by atoms with Crippen LogP contribution >= 0.6 is 15.9 Å². The molecule has 1 aromatic rings. The molecule has 0 aliphatic carbocycles. The van der Waals surface area contributed by atoms with Gasteiger partial charge in [-0.15, -0.1) is 0 Å². The van der Waals surface area contributed by atoms with Gasteiger partial charge in [-0.1, -0.05) is 28.1 Å². The van der Waals surface area contributed by atoms with Gasteiger partial charge in [0.05, 0.1) is 18.8 Å². The first-order valence-electron chi connectivity index (χ1n) is 5.52. The van der Waals surface area contributed by atoms with Crippen LogP contribution in [0.3, 0.4) is 0 Å². The third-order valence-electron chi connectivity index (χ3n) is 3.30. The van der Waals surface area contributed by atoms with E-state index in [0.717, 1.165) is 15.6 Å². The Kier molecular flexibility index (Phi) is 3.53. The normalized spacial score (nSPS) is 25.5. The van der Waals surface area contributed by atoms with Gasteiger partial charge in [0.1, 0.15) is 5.41 Å². The number of halogens is 1. The predicted molar refractivity (Wildman–Crippen MR) is 67.3 cm³/mol. The maximum Gasteiger partial charge on any atom is 0.113 e. The summed E-state index contributed by atoms with van der Waals surface area (Å²) in [5.74, 6) is 0. The molecule has 2 unspecified atom stereocenters. The summed E-state index contributed by atoms with van der Waals surface area (Å²) in [6.45, 7) is 2.81. The second-order valence-electron chi connectivity index (χ2n) is 4.48. The molecule has 1 fully saturated rings. The van der Waals surface area contributed by atoms with Crippen molar-refractivity contribution in [3.8, 4) is 6.07 Å². The van der Waals surface area contributed by atoms with E-state index in [-0.39, 0.29) is 0 Å². The monoisotopic (exact) mass is 295 g/mol. The Bertz CT molecular complexity index is 461. The van der Waals surface area contributed by atoms with Crippen LogP contribution in [0.1, 0.15) is 23.7 Å². The topological polar surface area (TPSA) is 53.2 Å². The Morgan fingerprint density at radius 2 is 2.35 bits per heavy atom. The zero-order valence-electron chi connectivity index (χ0n) is 9.61. The van der Waals surface area contributed by atoms with Crippen LogP contribution in [0.15, 0.2) is 22.7 Å². The predicted octanol–water partition coefficient (Wildman–Crippen LogP) is 2.72. The van der Waals surface area contributed by atoms with Crippen molar-refractivity contribution in [1.29, 1.82) is 5.26 Å². The number of aryl methyl sites for hydroxylation is 1. The number of aliphatic hydroxyl groups is 1. The van der Waals surface area contributed by atoms with Crippen molar-refractivity contribution in [2.45, 2.75) is 19.4 Å². The molecule has 1 aliphatic heterocycles. The number of rotatable bonds is 2. The molecule has 1 aliphatic rings. The molecule has 2 rings (SSSR count). The zero-order valence-corrected chi connectivity index (χ0v) is 11.2. The van der Waals surface area contributed by atoms with E-state index in [9.17, 15) is 10.4 Å². The van der Waals surface area contributed by atoms with E-state index >= 15 is 0 Å². The SMILES string of the molecule is Cc1cc(C(O)C2(C#N)CCOC2)ccc1Br. The lowest BCUT2D eigenvalue weighted by Gasteiger charge is -2.26. The number of hydrogen-bond donors (Lipinski definition) is 1. The second-order valence-corrected chi connectivity index (χ2v) is 5.34. The molecule has 0 saturated carbocycles. The summed E-state index contributed by atoms with van der Waals surface area (Å²) in [5, 5.41) is 19.6. The maximum atomic E-state index is 10.4. The Morgan fingerprint density at radius 1 is 1.59 bits per heavy atom. The number of benzene rings is 1. The molecule has 1 aromatic carbocycles. The largest absolute Gasteiger partial charge is 0.387 e. The molecule has 90 valence electrons. The Hall–Kier alpha value is -0.890. The molecule has 0 aromatic heterocycles. The average molecular weight is 296 g/mol. The molecule has 2 atom stereocenters. The molecule has 17 heavy (non-hydrogen) atoms. The van der Waals surface area contributed by atoms with Gasteiger partial charge in [-0.2, -0.15) is 5.26 Å². The molecule has 1 heterocycles. The molecule has 3 nitrogen and oxygen atoms in total. The number of aliphatic hydroxyl groups excluding tert-OH is 1. The number of ether oxygens (including phenoxy) is 1. The fourth-order valence-corrected chi connectivity index (χ4v) is 2.35. The summed E-state index contributed by atoms with van der Waals surface area (Å²) >= 11 is 3.42. The first-order valence-corrected chi connectivity index (χ1v) is 6.31. The van der Waals surface area contributed by atoms with Crippen LogP contribution in [0.25, 0.3) is 0 Å². The number of hydrogen-bond acceptors (Lipinski definition) is 3. The van der Waals surface area contributed by atoms with E-state index in [2.05, 4.69) is 22.0 Å². The maximum absolute atomic E-state index is 10.4. The number of nitrogens with zero attached hydrogens (tertiary/aromatic N) is 1. The molecule has 1 saturated heterocycles. The van der Waals surface area contributed by atoms with E-state index < -0.39 is 11.5 Å². The highest BCUT2D eigenvalue weighted by Crippen LogP contribution is 2.41. The van der Waals surface area contributed by atoms with E-state index in [1.807, 2.05) is 25.1 Å². The standard InChI is InChI=1S/C13H14BrNO2/c1-9-6-10(2-3-11(9)14)12(16)13(7-15)4-5-17-8-13/h2-3,6,12,16H,4-5,8H2,1H3. The van der Waals surface area contributed by atoms with Crippen molar-refractivity contribution in [1.82, 2.24) is 0 Å². The summed E-state index contributed by atoms with van der Waals surface area (Å²) in [7, 11) is 0. The van der Waals surface area contributed by atoms with E-state index in [1.54, 1.807) is 0 Å². The minimum absolute atomic E-state index is 0.305. The molecule has 4 heteroatoms. The summed E-state index contributed by atoms with van der Waals surface area (Å²) in [6, 6.07) is 7.88. The molecule has 0 bridgehead atoms. The van der Waals surface area contributed by atoms with Crippen LogP contribution in [0, 0.1) is 23.7 Å². The van der Waals surface area contributed by atoms with Gasteiger partial charge < -0.3 is 9.84 Å². The van der Waals surface area contributed by atoms with Gasteiger partial charge in [-0.05, 0) is 30.5 Å². The fraction of sp³-hybridized carbons (Fsp3) is 0.462. The van der Waals surface area contributed by atoms with Gasteiger partial charge in [0, 0.05) is 11.1 Å². The fourth-order valence-electron chi connectivity index (χ4n) is 2.10. The van der Waals surface area contributed by atoms with Crippen molar-refractivity contribution in [2.24, 2.45) is 5.41 Å². The van der Waals surface area contributed by atoms with Crippen molar-refractivity contribution in [3.05, 3.63) is 33.8 Å². The Balaban J connectivity index is 2.33. The van der Waals surface area contributed by atoms with E-state index in [1.165, 1.54) is 0 Å². The van der Waals surface area contributed by atoms with Crippen LogP contribution in [-0.2, 0) is 4.74 Å². The van der Waals surface area contributed by atoms with Crippen LogP contribution in [0.2, 0.25) is 0 Å². The lowest BCUT2D eigenvalue weighted by atomic mass is 9.79. The third-order valence-corrected chi connectivity index (χ3v) is 4.19. The summed E-state index contributed by atoms with van der Waals surface area (Å²) in [4.78, 5) is 0. The second kappa shape index (κ2) is 4.77. The minimum atomic E-state index is -0.791. The first kappa shape index (κ1) is 12.6. The highest BCUT2D eigenvalue weighted by molar-refractivity contribution is 9.10. The lowest BCUT2D eigenvalue weighted by molar-refractivity contribution is 0.0503. The zero-order chi connectivity index (χ0) is 12.5. The van der Waals surface area contributed by atoms with Crippen molar-refractivity contribution in [3.63, 3.8) is 0 Å². The lowest BCUT2D eigenvalue weighted by Crippen LogP contribution is -2.27. The smallest absolute Gasteiger partial charge is 0.113 e. The van der Waals surface area contributed by atoms with Gasteiger partial charge in [0.25, 0.3) is 0 Å². The molecule has 1 N–H and O–H groups in total. The van der Waals surface area contributed by atoms with Crippen molar-refractivity contribution >= 4 is 15.9 Å².